The van der Waals surface area contributed by atoms with Gasteiger partial charge < -0.3 is 20.4 Å². The number of carboxylic acids is 2. The van der Waals surface area contributed by atoms with E-state index in [1.807, 2.05) is 31.2 Å². The van der Waals surface area contributed by atoms with Gasteiger partial charge in [0.1, 0.15) is 0 Å². The van der Waals surface area contributed by atoms with Crippen molar-refractivity contribution in [3.63, 3.8) is 0 Å². The minimum atomic E-state index is -1.82. The highest BCUT2D eigenvalue weighted by Crippen LogP contribution is 2.11. The molecule has 1 aliphatic heterocycles. The second-order valence-electron chi connectivity index (χ2n) is 6.03. The van der Waals surface area contributed by atoms with Gasteiger partial charge in [0.2, 0.25) is 5.91 Å². The minimum Gasteiger partial charge on any atom is -0.473 e. The first kappa shape index (κ1) is 20.6. The average Bonchev–Trinajstić information content (AvgIpc) is 2.84. The van der Waals surface area contributed by atoms with E-state index in [1.165, 1.54) is 31.2 Å². The molecule has 1 heterocycles. The van der Waals surface area contributed by atoms with E-state index in [2.05, 4.69) is 10.2 Å². The second-order valence-corrected chi connectivity index (χ2v) is 6.03. The minimum absolute atomic E-state index is 0.119. The summed E-state index contributed by atoms with van der Waals surface area (Å²) in [6, 6.07) is 7.95. The highest BCUT2D eigenvalue weighted by Gasteiger charge is 2.10. The van der Waals surface area contributed by atoms with Gasteiger partial charge in [-0.25, -0.2) is 9.59 Å². The van der Waals surface area contributed by atoms with Crippen LogP contribution >= 0.6 is 0 Å². The van der Waals surface area contributed by atoms with Gasteiger partial charge >= 0.3 is 11.9 Å². The lowest BCUT2D eigenvalue weighted by Gasteiger charge is -2.19. The molecular formula is C18H26N2O5. The molecule has 138 valence electrons. The van der Waals surface area contributed by atoms with Crippen molar-refractivity contribution in [2.75, 3.05) is 25.0 Å². The van der Waals surface area contributed by atoms with Crippen molar-refractivity contribution in [3.8, 4) is 0 Å². The number of aryl methyl sites for hydroxylation is 1. The molecule has 1 aromatic carbocycles. The van der Waals surface area contributed by atoms with Crippen molar-refractivity contribution in [1.29, 1.82) is 0 Å². The summed E-state index contributed by atoms with van der Waals surface area (Å²) in [5, 5.41) is 17.7. The monoisotopic (exact) mass is 350 g/mol. The normalized spacial score (nSPS) is 14.6. The molecule has 2 rings (SSSR count). The number of amides is 1. The molecule has 0 aromatic heterocycles. The van der Waals surface area contributed by atoms with Gasteiger partial charge in [-0.1, -0.05) is 30.5 Å². The zero-order valence-corrected chi connectivity index (χ0v) is 14.5. The number of aliphatic carboxylic acids is 2. The van der Waals surface area contributed by atoms with Gasteiger partial charge in [0.05, 0.1) is 0 Å². The molecule has 25 heavy (non-hydrogen) atoms. The first-order chi connectivity index (χ1) is 11.9. The highest BCUT2D eigenvalue weighted by molar-refractivity contribution is 6.27. The topological polar surface area (TPSA) is 107 Å². The van der Waals surface area contributed by atoms with Crippen molar-refractivity contribution in [1.82, 2.24) is 4.90 Å². The number of nitrogens with one attached hydrogen (secondary N) is 1. The average molecular weight is 350 g/mol. The molecule has 0 saturated carbocycles. The molecule has 3 N–H and O–H groups in total. The Hall–Kier alpha value is -2.41. The first-order valence-electron chi connectivity index (χ1n) is 8.43. The van der Waals surface area contributed by atoms with Gasteiger partial charge in [-0.15, -0.1) is 0 Å². The van der Waals surface area contributed by atoms with Crippen LogP contribution in [0.25, 0.3) is 0 Å². The third-order valence-electron chi connectivity index (χ3n) is 3.87. The van der Waals surface area contributed by atoms with E-state index in [4.69, 9.17) is 19.8 Å². The van der Waals surface area contributed by atoms with Gasteiger partial charge in [0, 0.05) is 18.7 Å². The van der Waals surface area contributed by atoms with Crippen LogP contribution in [0, 0.1) is 6.92 Å². The number of rotatable bonds is 4. The number of likely N-dealkylation sites (tertiary alicyclic amines) is 1. The maximum absolute atomic E-state index is 11.9. The Morgan fingerprint density at radius 1 is 0.960 bits per heavy atom. The smallest absolute Gasteiger partial charge is 0.414 e. The fourth-order valence-electron chi connectivity index (χ4n) is 2.48. The molecule has 7 heteroatoms. The zero-order chi connectivity index (χ0) is 18.7. The van der Waals surface area contributed by atoms with Crippen LogP contribution in [0.4, 0.5) is 5.69 Å². The summed E-state index contributed by atoms with van der Waals surface area (Å²) in [5.41, 5.74) is 2.11. The molecular weight excluding hydrogens is 324 g/mol. The number of benzene rings is 1. The number of hydrogen-bond acceptors (Lipinski definition) is 4. The molecule has 0 aliphatic carbocycles. The lowest BCUT2D eigenvalue weighted by atomic mass is 10.2. The molecule has 0 bridgehead atoms. The number of anilines is 1. The van der Waals surface area contributed by atoms with Gasteiger partial charge in [-0.05, 0) is 45.0 Å². The molecule has 7 nitrogen and oxygen atoms in total. The van der Waals surface area contributed by atoms with E-state index in [-0.39, 0.29) is 5.91 Å². The summed E-state index contributed by atoms with van der Waals surface area (Å²) >= 11 is 0. The fourth-order valence-corrected chi connectivity index (χ4v) is 2.48. The summed E-state index contributed by atoms with van der Waals surface area (Å²) in [6.45, 7) is 5.23. The molecule has 0 spiro atoms. The molecule has 1 amide bonds. The van der Waals surface area contributed by atoms with Gasteiger partial charge in [0.15, 0.2) is 0 Å². The third-order valence-corrected chi connectivity index (χ3v) is 3.87. The van der Waals surface area contributed by atoms with Crippen LogP contribution in [0.15, 0.2) is 24.3 Å². The lowest BCUT2D eigenvalue weighted by molar-refractivity contribution is -0.159. The van der Waals surface area contributed by atoms with E-state index in [0.717, 1.165) is 25.3 Å². The largest absolute Gasteiger partial charge is 0.473 e. The van der Waals surface area contributed by atoms with Crippen molar-refractivity contribution in [3.05, 3.63) is 29.8 Å². The molecule has 0 unspecified atom stereocenters. The summed E-state index contributed by atoms with van der Waals surface area (Å²) in [7, 11) is 0. The van der Waals surface area contributed by atoms with Crippen LogP contribution in [0.5, 0.6) is 0 Å². The summed E-state index contributed by atoms with van der Waals surface area (Å²) in [4.78, 5) is 32.5. The molecule has 1 fully saturated rings. The number of hydrogen-bond donors (Lipinski definition) is 3. The van der Waals surface area contributed by atoms with Crippen LogP contribution < -0.4 is 5.32 Å². The molecule has 0 radical (unpaired) electrons. The molecule has 1 aliphatic rings. The maximum Gasteiger partial charge on any atom is 0.414 e. The van der Waals surface area contributed by atoms with E-state index in [0.29, 0.717) is 6.42 Å². The lowest BCUT2D eigenvalue weighted by Crippen LogP contribution is -2.28. The number of carbonyl (C=O) groups is 3. The Labute approximate surface area is 147 Å². The zero-order valence-electron chi connectivity index (χ0n) is 14.5. The van der Waals surface area contributed by atoms with Crippen LogP contribution in [-0.2, 0) is 14.4 Å². The number of carboxylic acid groups (broad SMARTS) is 2. The van der Waals surface area contributed by atoms with Crippen LogP contribution in [-0.4, -0.2) is 52.6 Å². The quantitative estimate of drug-likeness (QED) is 0.720. The maximum atomic E-state index is 11.9. The predicted molar refractivity (Wildman–Crippen MR) is 94.6 cm³/mol. The van der Waals surface area contributed by atoms with Crippen molar-refractivity contribution in [2.24, 2.45) is 0 Å². The van der Waals surface area contributed by atoms with E-state index in [1.54, 1.807) is 0 Å². The fraction of sp³-hybridized carbons (Fsp3) is 0.500. The number of nitrogens with zero attached hydrogens (tertiary/aromatic N) is 1. The Bertz CT molecular complexity index is 551. The van der Waals surface area contributed by atoms with Crippen molar-refractivity contribution in [2.45, 2.75) is 39.0 Å². The van der Waals surface area contributed by atoms with E-state index < -0.39 is 11.9 Å². The van der Waals surface area contributed by atoms with Gasteiger partial charge in [0.25, 0.3) is 0 Å². The van der Waals surface area contributed by atoms with Gasteiger partial charge in [-0.3, -0.25) is 4.79 Å². The highest BCUT2D eigenvalue weighted by atomic mass is 16.4. The Kier molecular flexibility index (Phi) is 9.24. The van der Waals surface area contributed by atoms with E-state index >= 15 is 0 Å². The first-order valence-corrected chi connectivity index (χ1v) is 8.43. The standard InChI is InChI=1S/C16H24N2O.C2H2O4/c1-14-6-8-15(9-7-14)17-16(19)10-13-18-11-4-2-3-5-12-18;3-1(4)2(5)6/h6-9H,2-5,10-13H2,1H3,(H,17,19);(H,3,4)(H,5,6). The Balaban J connectivity index is 0.000000450. The van der Waals surface area contributed by atoms with E-state index in [9.17, 15) is 4.79 Å². The van der Waals surface area contributed by atoms with Gasteiger partial charge in [-0.2, -0.15) is 0 Å². The van der Waals surface area contributed by atoms with Crippen LogP contribution in [0.1, 0.15) is 37.7 Å². The Morgan fingerprint density at radius 3 is 1.96 bits per heavy atom. The van der Waals surface area contributed by atoms with Crippen LogP contribution in [0.2, 0.25) is 0 Å². The molecule has 1 aromatic rings. The molecule has 1 saturated heterocycles. The summed E-state index contributed by atoms with van der Waals surface area (Å²) < 4.78 is 0. The summed E-state index contributed by atoms with van der Waals surface area (Å²) in [5.74, 6) is -3.53. The van der Waals surface area contributed by atoms with Crippen molar-refractivity contribution < 1.29 is 24.6 Å². The predicted octanol–water partition coefficient (Wildman–Crippen LogP) is 2.36. The second kappa shape index (κ2) is 11.2. The molecule has 0 atom stereocenters. The number of carbonyl (C=O) groups excluding carboxylic acids is 1. The third kappa shape index (κ3) is 9.46. The SMILES string of the molecule is Cc1ccc(NC(=O)CCN2CCCCCC2)cc1.O=C(O)C(=O)O. The van der Waals surface area contributed by atoms with Crippen LogP contribution in [0.3, 0.4) is 0 Å². The Morgan fingerprint density at radius 2 is 1.48 bits per heavy atom. The van der Waals surface area contributed by atoms with Crippen molar-refractivity contribution >= 4 is 23.5 Å². The summed E-state index contributed by atoms with van der Waals surface area (Å²) in [6.07, 6.45) is 5.82.